The Morgan fingerprint density at radius 3 is 2.59 bits per heavy atom. The van der Waals surface area contributed by atoms with Gasteiger partial charge in [0.15, 0.2) is 11.5 Å². The minimum absolute atomic E-state index is 0.193. The number of carbonyl (C=O) groups is 1. The van der Waals surface area contributed by atoms with E-state index in [4.69, 9.17) is 14.5 Å². The van der Waals surface area contributed by atoms with Crippen LogP contribution >= 0.6 is 15.9 Å². The van der Waals surface area contributed by atoms with Gasteiger partial charge in [-0.15, -0.1) is 0 Å². The zero-order chi connectivity index (χ0) is 19.8. The minimum Gasteiger partial charge on any atom is -0.454 e. The number of para-hydroxylation sites is 1. The first-order valence-corrected chi connectivity index (χ1v) is 9.83. The monoisotopic (exact) mass is 446 g/mol. The van der Waals surface area contributed by atoms with E-state index in [0.29, 0.717) is 22.7 Å². The third kappa shape index (κ3) is 3.43. The number of pyridine rings is 1. The number of fused-ring (bicyclic) bond motifs is 2. The molecule has 1 aliphatic heterocycles. The fourth-order valence-corrected chi connectivity index (χ4v) is 3.57. The zero-order valence-corrected chi connectivity index (χ0v) is 16.8. The largest absolute Gasteiger partial charge is 0.454 e. The van der Waals surface area contributed by atoms with Gasteiger partial charge in [0.25, 0.3) is 5.91 Å². The van der Waals surface area contributed by atoms with Crippen LogP contribution in [0.1, 0.15) is 10.4 Å². The first-order valence-electron chi connectivity index (χ1n) is 9.04. The van der Waals surface area contributed by atoms with Gasteiger partial charge in [-0.1, -0.05) is 46.3 Å². The number of aromatic nitrogens is 1. The first-order chi connectivity index (χ1) is 14.2. The number of carbonyl (C=O) groups excluding carboxylic acids is 1. The van der Waals surface area contributed by atoms with E-state index in [0.717, 1.165) is 26.6 Å². The lowest BCUT2D eigenvalue weighted by Crippen LogP contribution is -2.13. The summed E-state index contributed by atoms with van der Waals surface area (Å²) in [7, 11) is 0. The van der Waals surface area contributed by atoms with Crippen molar-refractivity contribution in [3.63, 3.8) is 0 Å². The molecule has 1 aromatic heterocycles. The molecule has 5 rings (SSSR count). The molecule has 0 atom stereocenters. The third-order valence-corrected chi connectivity index (χ3v) is 5.26. The average molecular weight is 447 g/mol. The summed E-state index contributed by atoms with van der Waals surface area (Å²) >= 11 is 3.45. The lowest BCUT2D eigenvalue weighted by atomic mass is 10.0. The zero-order valence-electron chi connectivity index (χ0n) is 15.2. The van der Waals surface area contributed by atoms with Gasteiger partial charge in [0.05, 0.1) is 16.8 Å². The molecule has 1 amide bonds. The molecule has 6 heteroatoms. The summed E-state index contributed by atoms with van der Waals surface area (Å²) in [6.07, 6.45) is 0. The number of benzene rings is 3. The second-order valence-electron chi connectivity index (χ2n) is 6.60. The molecule has 0 radical (unpaired) electrons. The van der Waals surface area contributed by atoms with E-state index < -0.39 is 0 Å². The molecule has 5 nitrogen and oxygen atoms in total. The van der Waals surface area contributed by atoms with Crippen LogP contribution in [0, 0.1) is 0 Å². The van der Waals surface area contributed by atoms with Crippen molar-refractivity contribution >= 4 is 38.4 Å². The molecule has 1 aliphatic rings. The Kier molecular flexibility index (Phi) is 4.41. The summed E-state index contributed by atoms with van der Waals surface area (Å²) in [5.41, 5.74) is 3.66. The van der Waals surface area contributed by atoms with Gasteiger partial charge < -0.3 is 14.8 Å². The number of nitrogens with zero attached hydrogens (tertiary/aromatic N) is 1. The quantitative estimate of drug-likeness (QED) is 0.441. The highest BCUT2D eigenvalue weighted by Gasteiger charge is 2.17. The van der Waals surface area contributed by atoms with Gasteiger partial charge in [0.2, 0.25) is 6.79 Å². The molecule has 0 spiro atoms. The van der Waals surface area contributed by atoms with Crippen molar-refractivity contribution in [1.29, 1.82) is 0 Å². The van der Waals surface area contributed by atoms with Crippen molar-refractivity contribution in [2.24, 2.45) is 0 Å². The van der Waals surface area contributed by atoms with Crippen LogP contribution in [0.2, 0.25) is 0 Å². The predicted octanol–water partition coefficient (Wildman–Crippen LogP) is 5.65. The molecule has 0 saturated heterocycles. The highest BCUT2D eigenvalue weighted by molar-refractivity contribution is 9.10. The molecular formula is C23H15BrN2O3. The lowest BCUT2D eigenvalue weighted by Gasteiger charge is -2.11. The van der Waals surface area contributed by atoms with Gasteiger partial charge in [-0.25, -0.2) is 4.98 Å². The number of amides is 1. The Bertz CT molecular complexity index is 1240. The van der Waals surface area contributed by atoms with Crippen LogP contribution in [0.4, 0.5) is 5.69 Å². The Morgan fingerprint density at radius 2 is 1.72 bits per heavy atom. The molecule has 4 aromatic rings. The summed E-state index contributed by atoms with van der Waals surface area (Å²) in [5.74, 6) is 1.09. The molecule has 0 fully saturated rings. The summed E-state index contributed by atoms with van der Waals surface area (Å²) in [5, 5.41) is 3.76. The fraction of sp³-hybridized carbons (Fsp3) is 0.0435. The highest BCUT2D eigenvalue weighted by Crippen LogP contribution is 2.34. The van der Waals surface area contributed by atoms with E-state index in [1.165, 1.54) is 0 Å². The van der Waals surface area contributed by atoms with Gasteiger partial charge in [0, 0.05) is 27.2 Å². The van der Waals surface area contributed by atoms with Crippen LogP contribution in [0.15, 0.2) is 77.3 Å². The van der Waals surface area contributed by atoms with Crippen LogP contribution < -0.4 is 14.8 Å². The highest BCUT2D eigenvalue weighted by atomic mass is 79.9. The summed E-state index contributed by atoms with van der Waals surface area (Å²) in [6, 6.07) is 22.7. The molecule has 3 aromatic carbocycles. The molecule has 0 saturated carbocycles. The second kappa shape index (κ2) is 7.22. The van der Waals surface area contributed by atoms with E-state index in [1.54, 1.807) is 18.2 Å². The van der Waals surface area contributed by atoms with Crippen molar-refractivity contribution < 1.29 is 14.3 Å². The molecular weight excluding hydrogens is 432 g/mol. The lowest BCUT2D eigenvalue weighted by molar-refractivity contribution is 0.102. The topological polar surface area (TPSA) is 60.5 Å². The maximum atomic E-state index is 13.1. The Labute approximate surface area is 175 Å². The molecule has 142 valence electrons. The molecule has 1 N–H and O–H groups in total. The van der Waals surface area contributed by atoms with Gasteiger partial charge >= 0.3 is 0 Å². The van der Waals surface area contributed by atoms with E-state index in [9.17, 15) is 4.79 Å². The average Bonchev–Trinajstić information content (AvgIpc) is 3.21. The van der Waals surface area contributed by atoms with Crippen LogP contribution in [0.25, 0.3) is 22.2 Å². The normalized spacial score (nSPS) is 12.2. The number of nitrogens with one attached hydrogen (secondary N) is 1. The fourth-order valence-electron chi connectivity index (χ4n) is 3.30. The molecule has 29 heavy (non-hydrogen) atoms. The number of halogens is 1. The van der Waals surface area contributed by atoms with Crippen molar-refractivity contribution in [3.05, 3.63) is 82.8 Å². The summed E-state index contributed by atoms with van der Waals surface area (Å²) < 4.78 is 11.7. The van der Waals surface area contributed by atoms with Gasteiger partial charge in [-0.3, -0.25) is 4.79 Å². The minimum atomic E-state index is -0.208. The number of hydrogen-bond donors (Lipinski definition) is 1. The van der Waals surface area contributed by atoms with Crippen molar-refractivity contribution in [3.8, 4) is 22.8 Å². The number of anilines is 1. The molecule has 2 heterocycles. The maximum Gasteiger partial charge on any atom is 0.256 e. The SMILES string of the molecule is O=C(Nc1ccc2c(c1)OCO2)c1cc(-c2ccc(Br)cc2)nc2ccccc12. The Hall–Kier alpha value is -3.38. The van der Waals surface area contributed by atoms with E-state index in [1.807, 2.05) is 54.6 Å². The number of rotatable bonds is 3. The predicted molar refractivity (Wildman–Crippen MR) is 115 cm³/mol. The van der Waals surface area contributed by atoms with Gasteiger partial charge in [-0.05, 0) is 36.4 Å². The van der Waals surface area contributed by atoms with E-state index >= 15 is 0 Å². The standard InChI is InChI=1S/C23H15BrN2O3/c24-15-7-5-14(6-8-15)20-12-18(17-3-1-2-4-19(17)26-20)23(27)25-16-9-10-21-22(11-16)29-13-28-21/h1-12H,13H2,(H,25,27). The number of ether oxygens (including phenoxy) is 2. The number of hydrogen-bond acceptors (Lipinski definition) is 4. The summed E-state index contributed by atoms with van der Waals surface area (Å²) in [6.45, 7) is 0.193. The van der Waals surface area contributed by atoms with Crippen LogP contribution in [-0.4, -0.2) is 17.7 Å². The van der Waals surface area contributed by atoms with E-state index in [2.05, 4.69) is 21.2 Å². The van der Waals surface area contributed by atoms with Crippen molar-refractivity contribution in [2.45, 2.75) is 0 Å². The van der Waals surface area contributed by atoms with Crippen LogP contribution in [0.5, 0.6) is 11.5 Å². The first kappa shape index (κ1) is 17.7. The van der Waals surface area contributed by atoms with Crippen LogP contribution in [-0.2, 0) is 0 Å². The maximum absolute atomic E-state index is 13.1. The second-order valence-corrected chi connectivity index (χ2v) is 7.52. The van der Waals surface area contributed by atoms with Crippen molar-refractivity contribution in [2.75, 3.05) is 12.1 Å². The van der Waals surface area contributed by atoms with Crippen molar-refractivity contribution in [1.82, 2.24) is 4.98 Å². The summed E-state index contributed by atoms with van der Waals surface area (Å²) in [4.78, 5) is 17.9. The Balaban J connectivity index is 1.55. The molecule has 0 aliphatic carbocycles. The Morgan fingerprint density at radius 1 is 0.931 bits per heavy atom. The van der Waals surface area contributed by atoms with Crippen LogP contribution in [0.3, 0.4) is 0 Å². The van der Waals surface area contributed by atoms with E-state index in [-0.39, 0.29) is 12.7 Å². The molecule has 0 unspecified atom stereocenters. The van der Waals surface area contributed by atoms with Gasteiger partial charge in [0.1, 0.15) is 0 Å². The third-order valence-electron chi connectivity index (χ3n) is 4.73. The van der Waals surface area contributed by atoms with Gasteiger partial charge in [-0.2, -0.15) is 0 Å². The smallest absolute Gasteiger partial charge is 0.256 e. The molecule has 0 bridgehead atoms.